The van der Waals surface area contributed by atoms with Crippen LogP contribution in [0.25, 0.3) is 11.4 Å². The molecule has 1 unspecified atom stereocenters. The minimum absolute atomic E-state index is 0.0717. The van der Waals surface area contributed by atoms with Crippen molar-refractivity contribution in [1.29, 1.82) is 0 Å². The summed E-state index contributed by atoms with van der Waals surface area (Å²) in [6, 6.07) is 10.9. The molecule has 1 aliphatic rings. The smallest absolute Gasteiger partial charge is 0.269 e. The average Bonchev–Trinajstić information content (AvgIpc) is 3.24. The number of non-ortho nitro benzene ring substituents is 1. The Morgan fingerprint density at radius 3 is 2.55 bits per heavy atom. The number of halogens is 1. The second-order valence-corrected chi connectivity index (χ2v) is 6.78. The highest BCUT2D eigenvalue weighted by Gasteiger charge is 2.33. The molecule has 1 saturated heterocycles. The standard InChI is InChI=1S/C20H17FN4O4/c21-15-8-4-13(5-9-15)18-22-19(29-23-18)17-3-1-2-12-24(17)20(26)14-6-10-16(11-7-14)25(27)28/h4-11,17H,1-3,12H2. The van der Waals surface area contributed by atoms with E-state index < -0.39 is 4.92 Å². The van der Waals surface area contributed by atoms with Gasteiger partial charge in [-0.1, -0.05) is 5.16 Å². The van der Waals surface area contributed by atoms with Gasteiger partial charge < -0.3 is 9.42 Å². The van der Waals surface area contributed by atoms with Crippen LogP contribution in [0.15, 0.2) is 53.1 Å². The van der Waals surface area contributed by atoms with E-state index in [0.717, 1.165) is 12.8 Å². The van der Waals surface area contributed by atoms with E-state index in [9.17, 15) is 19.3 Å². The monoisotopic (exact) mass is 396 g/mol. The predicted molar refractivity (Wildman–Crippen MR) is 100 cm³/mol. The summed E-state index contributed by atoms with van der Waals surface area (Å²) in [6.07, 6.45) is 2.42. The van der Waals surface area contributed by atoms with E-state index >= 15 is 0 Å². The van der Waals surface area contributed by atoms with Gasteiger partial charge >= 0.3 is 0 Å². The van der Waals surface area contributed by atoms with Crippen molar-refractivity contribution in [3.63, 3.8) is 0 Å². The van der Waals surface area contributed by atoms with Crippen molar-refractivity contribution in [2.75, 3.05) is 6.54 Å². The summed E-state index contributed by atoms with van der Waals surface area (Å²) in [4.78, 5) is 29.4. The number of amides is 1. The number of benzene rings is 2. The summed E-state index contributed by atoms with van der Waals surface area (Å²) >= 11 is 0. The largest absolute Gasteiger partial charge is 0.337 e. The van der Waals surface area contributed by atoms with Gasteiger partial charge in [0.2, 0.25) is 11.7 Å². The number of likely N-dealkylation sites (tertiary alicyclic amines) is 1. The number of piperidine rings is 1. The van der Waals surface area contributed by atoms with Gasteiger partial charge in [-0.05, 0) is 55.7 Å². The molecule has 1 fully saturated rings. The van der Waals surface area contributed by atoms with Crippen LogP contribution < -0.4 is 0 Å². The van der Waals surface area contributed by atoms with E-state index in [1.54, 1.807) is 17.0 Å². The molecule has 1 aromatic heterocycles. The quantitative estimate of drug-likeness (QED) is 0.485. The number of aromatic nitrogens is 2. The maximum Gasteiger partial charge on any atom is 0.269 e. The lowest BCUT2D eigenvalue weighted by atomic mass is 10.0. The Kier molecular flexibility index (Phi) is 5.03. The van der Waals surface area contributed by atoms with Gasteiger partial charge in [0.1, 0.15) is 11.9 Å². The molecule has 148 valence electrons. The van der Waals surface area contributed by atoms with Crippen molar-refractivity contribution < 1.29 is 18.6 Å². The third-order valence-corrected chi connectivity index (χ3v) is 4.92. The summed E-state index contributed by atoms with van der Waals surface area (Å²) in [7, 11) is 0. The van der Waals surface area contributed by atoms with Crippen molar-refractivity contribution in [1.82, 2.24) is 15.0 Å². The Morgan fingerprint density at radius 2 is 1.86 bits per heavy atom. The van der Waals surface area contributed by atoms with E-state index in [4.69, 9.17) is 4.52 Å². The molecule has 0 saturated carbocycles. The molecule has 2 heterocycles. The molecule has 9 heteroatoms. The number of hydrogen-bond donors (Lipinski definition) is 0. The van der Waals surface area contributed by atoms with Crippen LogP contribution >= 0.6 is 0 Å². The molecule has 29 heavy (non-hydrogen) atoms. The van der Waals surface area contributed by atoms with Crippen LogP contribution in [0.1, 0.15) is 41.6 Å². The highest BCUT2D eigenvalue weighted by Crippen LogP contribution is 2.32. The van der Waals surface area contributed by atoms with Crippen LogP contribution in [0, 0.1) is 15.9 Å². The lowest BCUT2D eigenvalue weighted by Gasteiger charge is -2.33. The number of rotatable bonds is 4. The van der Waals surface area contributed by atoms with Crippen molar-refractivity contribution in [2.45, 2.75) is 25.3 Å². The maximum absolute atomic E-state index is 13.1. The van der Waals surface area contributed by atoms with Crippen molar-refractivity contribution >= 4 is 11.6 Å². The van der Waals surface area contributed by atoms with E-state index in [1.165, 1.54) is 36.4 Å². The van der Waals surface area contributed by atoms with Crippen LogP contribution in [-0.2, 0) is 0 Å². The first-order valence-corrected chi connectivity index (χ1v) is 9.18. The van der Waals surface area contributed by atoms with Crippen LogP contribution in [-0.4, -0.2) is 32.4 Å². The number of nitrogens with zero attached hydrogens (tertiary/aromatic N) is 4. The van der Waals surface area contributed by atoms with Crippen LogP contribution in [0.3, 0.4) is 0 Å². The summed E-state index contributed by atoms with van der Waals surface area (Å²) in [6.45, 7) is 0.523. The summed E-state index contributed by atoms with van der Waals surface area (Å²) < 4.78 is 18.5. The molecule has 1 atom stereocenters. The lowest BCUT2D eigenvalue weighted by Crippen LogP contribution is -2.38. The zero-order valence-corrected chi connectivity index (χ0v) is 15.3. The van der Waals surface area contributed by atoms with Gasteiger partial charge in [-0.3, -0.25) is 14.9 Å². The van der Waals surface area contributed by atoms with Gasteiger partial charge in [-0.25, -0.2) is 4.39 Å². The first-order valence-electron chi connectivity index (χ1n) is 9.18. The Balaban J connectivity index is 1.58. The first kappa shape index (κ1) is 18.7. The summed E-state index contributed by atoms with van der Waals surface area (Å²) in [5.74, 6) is 0.0448. The average molecular weight is 396 g/mol. The molecule has 1 aliphatic heterocycles. The van der Waals surface area contributed by atoms with Gasteiger partial charge in [0, 0.05) is 29.8 Å². The van der Waals surface area contributed by atoms with Crippen molar-refractivity contribution in [3.8, 4) is 11.4 Å². The Morgan fingerprint density at radius 1 is 1.14 bits per heavy atom. The van der Waals surface area contributed by atoms with Gasteiger partial charge in [-0.15, -0.1) is 0 Å². The molecule has 0 radical (unpaired) electrons. The molecule has 0 bridgehead atoms. The Bertz CT molecular complexity index is 1030. The fourth-order valence-electron chi connectivity index (χ4n) is 3.41. The zero-order valence-electron chi connectivity index (χ0n) is 15.3. The minimum Gasteiger partial charge on any atom is -0.337 e. The molecule has 3 aromatic rings. The third-order valence-electron chi connectivity index (χ3n) is 4.92. The molecular formula is C20H17FN4O4. The van der Waals surface area contributed by atoms with E-state index in [1.807, 2.05) is 0 Å². The molecule has 4 rings (SSSR count). The predicted octanol–water partition coefficient (Wildman–Crippen LogP) is 4.15. The Hall–Kier alpha value is -3.62. The van der Waals surface area contributed by atoms with Gasteiger partial charge in [0.15, 0.2) is 0 Å². The highest BCUT2D eigenvalue weighted by molar-refractivity contribution is 5.94. The third kappa shape index (κ3) is 3.84. The molecular weight excluding hydrogens is 379 g/mol. The Labute approximate surface area is 165 Å². The minimum atomic E-state index is -0.507. The van der Waals surface area contributed by atoms with E-state index in [0.29, 0.717) is 35.8 Å². The van der Waals surface area contributed by atoms with Gasteiger partial charge in [-0.2, -0.15) is 4.98 Å². The molecule has 8 nitrogen and oxygen atoms in total. The summed E-state index contributed by atoms with van der Waals surface area (Å²) in [5.41, 5.74) is 0.906. The van der Waals surface area contributed by atoms with E-state index in [-0.39, 0.29) is 23.5 Å². The van der Waals surface area contributed by atoms with Crippen LogP contribution in [0.2, 0.25) is 0 Å². The second kappa shape index (κ2) is 7.78. The molecule has 0 aliphatic carbocycles. The number of nitro groups is 1. The van der Waals surface area contributed by atoms with Crippen molar-refractivity contribution in [2.24, 2.45) is 0 Å². The molecule has 0 N–H and O–H groups in total. The SMILES string of the molecule is O=C(c1ccc([N+](=O)[O-])cc1)N1CCCCC1c1nc(-c2ccc(F)cc2)no1. The fraction of sp³-hybridized carbons (Fsp3) is 0.250. The van der Waals surface area contributed by atoms with Gasteiger partial charge in [0.05, 0.1) is 4.92 Å². The number of nitro benzene ring substituents is 1. The zero-order chi connectivity index (χ0) is 20.4. The number of carbonyl (C=O) groups is 1. The maximum atomic E-state index is 13.1. The lowest BCUT2D eigenvalue weighted by molar-refractivity contribution is -0.384. The van der Waals surface area contributed by atoms with Crippen LogP contribution in [0.5, 0.6) is 0 Å². The molecule has 2 aromatic carbocycles. The number of carbonyl (C=O) groups excluding carboxylic acids is 1. The molecule has 0 spiro atoms. The normalized spacial score (nSPS) is 16.6. The topological polar surface area (TPSA) is 102 Å². The van der Waals surface area contributed by atoms with E-state index in [2.05, 4.69) is 10.1 Å². The second-order valence-electron chi connectivity index (χ2n) is 6.78. The fourth-order valence-corrected chi connectivity index (χ4v) is 3.41. The molecule has 1 amide bonds. The van der Waals surface area contributed by atoms with Crippen LogP contribution in [0.4, 0.5) is 10.1 Å². The number of hydrogen-bond acceptors (Lipinski definition) is 6. The van der Waals surface area contributed by atoms with Crippen molar-refractivity contribution in [3.05, 3.63) is 75.9 Å². The first-order chi connectivity index (χ1) is 14.0. The highest BCUT2D eigenvalue weighted by atomic mass is 19.1. The van der Waals surface area contributed by atoms with Gasteiger partial charge in [0.25, 0.3) is 11.6 Å². The summed E-state index contributed by atoms with van der Waals surface area (Å²) in [5, 5.41) is 14.8.